The molecule has 0 heterocycles. The lowest BCUT2D eigenvalue weighted by Crippen LogP contribution is -2.41. The Balaban J connectivity index is 3.57. The third-order valence-electron chi connectivity index (χ3n) is 2.00. The van der Waals surface area contributed by atoms with E-state index < -0.39 is 4.32 Å². The highest BCUT2D eigenvalue weighted by atomic mass is 79.9. The van der Waals surface area contributed by atoms with Crippen molar-refractivity contribution in [3.63, 3.8) is 0 Å². The lowest BCUT2D eigenvalue weighted by molar-refractivity contribution is -0.122. The van der Waals surface area contributed by atoms with E-state index in [1.807, 2.05) is 20.9 Å². The van der Waals surface area contributed by atoms with Gasteiger partial charge in [-0.15, -0.1) is 0 Å². The molecule has 15 heavy (non-hydrogen) atoms. The number of hydrogen-bond donors (Lipinski definition) is 1. The number of carbonyl (C=O) groups is 1. The monoisotopic (exact) mass is 280 g/mol. The van der Waals surface area contributed by atoms with E-state index in [9.17, 15) is 4.79 Å². The Labute approximate surface area is 100 Å². The maximum Gasteiger partial charge on any atom is 0.236 e. The first kappa shape index (κ1) is 14.9. The number of nitrogens with zero attached hydrogens (tertiary/aromatic N) is 1. The molecule has 0 aliphatic heterocycles. The van der Waals surface area contributed by atoms with E-state index in [0.29, 0.717) is 13.2 Å². The molecule has 0 spiro atoms. The Hall–Kier alpha value is -0.130. The predicted molar refractivity (Wildman–Crippen MR) is 65.4 cm³/mol. The van der Waals surface area contributed by atoms with Crippen LogP contribution in [-0.2, 0) is 9.53 Å². The van der Waals surface area contributed by atoms with Crippen LogP contribution >= 0.6 is 15.9 Å². The van der Waals surface area contributed by atoms with Crippen molar-refractivity contribution in [1.29, 1.82) is 0 Å². The average Bonchev–Trinajstić information content (AvgIpc) is 2.13. The number of likely N-dealkylation sites (N-methyl/N-ethyl adjacent to an activating group) is 1. The number of ether oxygens (including phenoxy) is 1. The van der Waals surface area contributed by atoms with Crippen molar-refractivity contribution in [2.45, 2.75) is 18.2 Å². The molecule has 1 N–H and O–H groups in total. The third-order valence-corrected chi connectivity index (χ3v) is 2.36. The Morgan fingerprint density at radius 2 is 2.07 bits per heavy atom. The Kier molecular flexibility index (Phi) is 7.13. The second-order valence-corrected chi connectivity index (χ2v) is 6.01. The van der Waals surface area contributed by atoms with E-state index in [2.05, 4.69) is 26.1 Å². The predicted octanol–water partition coefficient (Wildman–Crippen LogP) is 0.854. The average molecular weight is 281 g/mol. The zero-order chi connectivity index (χ0) is 11.9. The van der Waals surface area contributed by atoms with E-state index in [1.54, 1.807) is 7.11 Å². The lowest BCUT2D eigenvalue weighted by atomic mass is 10.2. The van der Waals surface area contributed by atoms with Crippen molar-refractivity contribution in [3.8, 4) is 0 Å². The van der Waals surface area contributed by atoms with Crippen LogP contribution in [0, 0.1) is 0 Å². The van der Waals surface area contributed by atoms with Crippen molar-refractivity contribution < 1.29 is 9.53 Å². The second-order valence-electron chi connectivity index (χ2n) is 4.02. The van der Waals surface area contributed by atoms with E-state index in [0.717, 1.165) is 13.1 Å². The number of alkyl halides is 1. The Morgan fingerprint density at radius 3 is 2.53 bits per heavy atom. The van der Waals surface area contributed by atoms with Crippen LogP contribution in [-0.4, -0.2) is 55.5 Å². The molecular formula is C10H21BrN2O2. The van der Waals surface area contributed by atoms with Gasteiger partial charge in [0.1, 0.15) is 0 Å². The van der Waals surface area contributed by atoms with Gasteiger partial charge in [-0.3, -0.25) is 4.79 Å². The second kappa shape index (κ2) is 7.19. The molecule has 0 rings (SSSR count). The number of halogens is 1. The highest BCUT2D eigenvalue weighted by Crippen LogP contribution is 2.14. The normalized spacial score (nSPS) is 11.9. The van der Waals surface area contributed by atoms with Gasteiger partial charge in [0, 0.05) is 26.7 Å². The summed E-state index contributed by atoms with van der Waals surface area (Å²) in [6.07, 6.45) is 0. The minimum Gasteiger partial charge on any atom is -0.383 e. The van der Waals surface area contributed by atoms with E-state index in [4.69, 9.17) is 4.74 Å². The molecule has 0 atom stereocenters. The molecule has 0 saturated carbocycles. The van der Waals surface area contributed by atoms with Gasteiger partial charge in [0.25, 0.3) is 0 Å². The first-order valence-corrected chi connectivity index (χ1v) is 5.82. The van der Waals surface area contributed by atoms with Crippen LogP contribution in [0.1, 0.15) is 13.8 Å². The van der Waals surface area contributed by atoms with Crippen molar-refractivity contribution >= 4 is 21.8 Å². The standard InChI is InChI=1S/C10H21BrN2O2/c1-10(2,11)9(14)12-5-6-13(3)7-8-15-4/h5-8H2,1-4H3,(H,12,14). The summed E-state index contributed by atoms with van der Waals surface area (Å²) in [6.45, 7) is 6.75. The van der Waals surface area contributed by atoms with Gasteiger partial charge in [0.05, 0.1) is 10.9 Å². The van der Waals surface area contributed by atoms with Crippen LogP contribution in [0.5, 0.6) is 0 Å². The summed E-state index contributed by atoms with van der Waals surface area (Å²) < 4.78 is 4.47. The maximum atomic E-state index is 11.5. The maximum absolute atomic E-state index is 11.5. The van der Waals surface area contributed by atoms with Gasteiger partial charge in [-0.1, -0.05) is 15.9 Å². The highest BCUT2D eigenvalue weighted by Gasteiger charge is 2.22. The first-order valence-electron chi connectivity index (χ1n) is 5.02. The van der Waals surface area contributed by atoms with Crippen molar-refractivity contribution in [2.24, 2.45) is 0 Å². The van der Waals surface area contributed by atoms with Crippen LogP contribution in [0.3, 0.4) is 0 Å². The van der Waals surface area contributed by atoms with Crippen LogP contribution in [0.25, 0.3) is 0 Å². The molecule has 0 unspecified atom stereocenters. The molecule has 0 aromatic heterocycles. The third kappa shape index (κ3) is 7.76. The van der Waals surface area contributed by atoms with Gasteiger partial charge in [-0.05, 0) is 20.9 Å². The fourth-order valence-corrected chi connectivity index (χ4v) is 1.07. The zero-order valence-corrected chi connectivity index (χ0v) is 11.6. The summed E-state index contributed by atoms with van der Waals surface area (Å²) in [4.78, 5) is 13.6. The molecular weight excluding hydrogens is 260 g/mol. The molecule has 0 fully saturated rings. The molecule has 4 nitrogen and oxygen atoms in total. The molecule has 0 aliphatic rings. The molecule has 0 aliphatic carbocycles. The fraction of sp³-hybridized carbons (Fsp3) is 0.900. The fourth-order valence-electron chi connectivity index (χ4n) is 0.929. The molecule has 1 amide bonds. The van der Waals surface area contributed by atoms with Crippen molar-refractivity contribution in [3.05, 3.63) is 0 Å². The van der Waals surface area contributed by atoms with Gasteiger partial charge in [0.2, 0.25) is 5.91 Å². The lowest BCUT2D eigenvalue weighted by Gasteiger charge is -2.19. The van der Waals surface area contributed by atoms with Gasteiger partial charge < -0.3 is 15.0 Å². The molecule has 0 aromatic rings. The van der Waals surface area contributed by atoms with Gasteiger partial charge in [-0.2, -0.15) is 0 Å². The van der Waals surface area contributed by atoms with Crippen LogP contribution in [0.2, 0.25) is 0 Å². The molecule has 0 saturated heterocycles. The number of nitrogens with one attached hydrogen (secondary N) is 1. The quantitative estimate of drug-likeness (QED) is 0.704. The van der Waals surface area contributed by atoms with Crippen molar-refractivity contribution in [1.82, 2.24) is 10.2 Å². The van der Waals surface area contributed by atoms with Crippen molar-refractivity contribution in [2.75, 3.05) is 40.4 Å². The van der Waals surface area contributed by atoms with E-state index in [-0.39, 0.29) is 5.91 Å². The first-order chi connectivity index (χ1) is 6.88. The number of hydrogen-bond acceptors (Lipinski definition) is 3. The summed E-state index contributed by atoms with van der Waals surface area (Å²) in [5.41, 5.74) is 0. The summed E-state index contributed by atoms with van der Waals surface area (Å²) in [6, 6.07) is 0. The van der Waals surface area contributed by atoms with E-state index in [1.165, 1.54) is 0 Å². The summed E-state index contributed by atoms with van der Waals surface area (Å²) in [5.74, 6) is 0.0163. The minimum absolute atomic E-state index is 0.0163. The SMILES string of the molecule is COCCN(C)CCNC(=O)C(C)(C)Br. The number of rotatable bonds is 7. The largest absolute Gasteiger partial charge is 0.383 e. The Bertz CT molecular complexity index is 192. The van der Waals surface area contributed by atoms with E-state index >= 15 is 0 Å². The molecule has 90 valence electrons. The Morgan fingerprint density at radius 1 is 1.47 bits per heavy atom. The molecule has 0 bridgehead atoms. The number of methoxy groups -OCH3 is 1. The van der Waals surface area contributed by atoms with Gasteiger partial charge in [-0.25, -0.2) is 0 Å². The van der Waals surface area contributed by atoms with Gasteiger partial charge in [0.15, 0.2) is 0 Å². The molecule has 0 aromatic carbocycles. The number of amides is 1. The van der Waals surface area contributed by atoms with Crippen LogP contribution < -0.4 is 5.32 Å². The van der Waals surface area contributed by atoms with Gasteiger partial charge >= 0.3 is 0 Å². The van der Waals surface area contributed by atoms with Crippen LogP contribution in [0.15, 0.2) is 0 Å². The highest BCUT2D eigenvalue weighted by molar-refractivity contribution is 9.10. The molecule has 5 heteroatoms. The molecule has 0 radical (unpaired) electrons. The summed E-state index contributed by atoms with van der Waals surface area (Å²) in [7, 11) is 3.69. The van der Waals surface area contributed by atoms with Crippen LogP contribution in [0.4, 0.5) is 0 Å². The minimum atomic E-state index is -0.488. The summed E-state index contributed by atoms with van der Waals surface area (Å²) >= 11 is 3.31. The number of carbonyl (C=O) groups excluding carboxylic acids is 1. The summed E-state index contributed by atoms with van der Waals surface area (Å²) in [5, 5.41) is 2.86. The smallest absolute Gasteiger partial charge is 0.236 e. The zero-order valence-electron chi connectivity index (χ0n) is 9.97. The topological polar surface area (TPSA) is 41.6 Å².